The lowest BCUT2D eigenvalue weighted by Crippen LogP contribution is -2.54. The minimum Gasteiger partial charge on any atom is -0.390 e. The SMILES string of the molecule is CCOC1C2=CC[C@H]3[C@@H]4CC[C@H](C(C)CCCC(C)C)[C@@]4(C)CC[C@@H]3[C@@]2(C)CC[C@@H]1O. The monoisotopic (exact) mass is 430 g/mol. The van der Waals surface area contributed by atoms with Crippen LogP contribution in [0.15, 0.2) is 11.6 Å². The summed E-state index contributed by atoms with van der Waals surface area (Å²) in [7, 11) is 0. The van der Waals surface area contributed by atoms with Crippen LogP contribution in [0.4, 0.5) is 0 Å². The molecule has 0 aromatic carbocycles. The third-order valence-corrected chi connectivity index (χ3v) is 10.7. The summed E-state index contributed by atoms with van der Waals surface area (Å²) in [6.45, 7) is 15.3. The van der Waals surface area contributed by atoms with Crippen LogP contribution in [-0.4, -0.2) is 23.9 Å². The standard InChI is InChI=1S/C29H50O2/c1-7-31-27-25-12-11-21-23-14-13-22(20(4)10-8-9-19(2)3)28(23,5)17-15-24(21)29(25,6)18-16-26(27)30/h12,19-24,26-27,30H,7-11,13-18H2,1-6H3/t20?,21-,22+,23-,24-,26-,27?,28+,29+/m0/s1. The van der Waals surface area contributed by atoms with Crippen LogP contribution >= 0.6 is 0 Å². The molecule has 3 saturated carbocycles. The molecular formula is C29H50O2. The van der Waals surface area contributed by atoms with E-state index >= 15 is 0 Å². The molecule has 0 aliphatic heterocycles. The summed E-state index contributed by atoms with van der Waals surface area (Å²) < 4.78 is 6.10. The van der Waals surface area contributed by atoms with Gasteiger partial charge >= 0.3 is 0 Å². The van der Waals surface area contributed by atoms with Gasteiger partial charge in [-0.1, -0.05) is 60.0 Å². The summed E-state index contributed by atoms with van der Waals surface area (Å²) >= 11 is 0. The summed E-state index contributed by atoms with van der Waals surface area (Å²) in [5.41, 5.74) is 2.24. The van der Waals surface area contributed by atoms with Gasteiger partial charge in [0.05, 0.1) is 6.10 Å². The number of hydrogen-bond donors (Lipinski definition) is 1. The van der Waals surface area contributed by atoms with Crippen LogP contribution in [-0.2, 0) is 4.74 Å². The predicted molar refractivity (Wildman–Crippen MR) is 130 cm³/mol. The first-order valence-electron chi connectivity index (χ1n) is 13.7. The van der Waals surface area contributed by atoms with Crippen LogP contribution in [0.1, 0.15) is 106 Å². The third-order valence-electron chi connectivity index (χ3n) is 10.7. The molecule has 2 heteroatoms. The van der Waals surface area contributed by atoms with Crippen molar-refractivity contribution in [3.8, 4) is 0 Å². The molecule has 0 heterocycles. The minimum absolute atomic E-state index is 0.0599. The molecule has 4 aliphatic rings. The van der Waals surface area contributed by atoms with Crippen molar-refractivity contribution in [2.24, 2.45) is 46.3 Å². The van der Waals surface area contributed by atoms with Crippen molar-refractivity contribution < 1.29 is 9.84 Å². The van der Waals surface area contributed by atoms with Crippen molar-refractivity contribution in [1.82, 2.24) is 0 Å². The Labute approximate surface area is 192 Å². The summed E-state index contributed by atoms with van der Waals surface area (Å²) in [5.74, 6) is 5.17. The molecule has 3 fully saturated rings. The van der Waals surface area contributed by atoms with Gasteiger partial charge in [-0.2, -0.15) is 0 Å². The number of allylic oxidation sites excluding steroid dienone is 1. The van der Waals surface area contributed by atoms with E-state index in [0.717, 1.165) is 48.3 Å². The molecule has 0 aromatic heterocycles. The van der Waals surface area contributed by atoms with Crippen molar-refractivity contribution in [2.75, 3.05) is 6.61 Å². The maximum absolute atomic E-state index is 10.7. The van der Waals surface area contributed by atoms with E-state index in [1.807, 2.05) is 0 Å². The summed E-state index contributed by atoms with van der Waals surface area (Å²) in [6, 6.07) is 0. The van der Waals surface area contributed by atoms with Gasteiger partial charge in [0.2, 0.25) is 0 Å². The average molecular weight is 431 g/mol. The summed E-state index contributed by atoms with van der Waals surface area (Å²) in [5, 5.41) is 10.7. The number of fused-ring (bicyclic) bond motifs is 5. The molecule has 0 aromatic rings. The smallest absolute Gasteiger partial charge is 0.105 e. The molecule has 0 bridgehead atoms. The quantitative estimate of drug-likeness (QED) is 0.426. The second kappa shape index (κ2) is 9.13. The van der Waals surface area contributed by atoms with E-state index in [1.54, 1.807) is 0 Å². The van der Waals surface area contributed by atoms with Gasteiger partial charge in [0.1, 0.15) is 6.10 Å². The number of ether oxygens (including phenoxy) is 1. The average Bonchev–Trinajstić information content (AvgIpc) is 3.07. The Kier molecular flexibility index (Phi) is 7.01. The largest absolute Gasteiger partial charge is 0.390 e. The molecule has 0 radical (unpaired) electrons. The molecule has 9 atom stereocenters. The van der Waals surface area contributed by atoms with Crippen LogP contribution in [0, 0.1) is 46.3 Å². The second-order valence-electron chi connectivity index (χ2n) is 12.7. The Bertz CT molecular complexity index is 653. The topological polar surface area (TPSA) is 29.5 Å². The van der Waals surface area contributed by atoms with Crippen molar-refractivity contribution in [3.63, 3.8) is 0 Å². The van der Waals surface area contributed by atoms with Gasteiger partial charge in [0, 0.05) is 6.61 Å². The molecule has 2 unspecified atom stereocenters. The van der Waals surface area contributed by atoms with E-state index in [0.29, 0.717) is 12.0 Å². The van der Waals surface area contributed by atoms with Crippen molar-refractivity contribution in [1.29, 1.82) is 0 Å². The van der Waals surface area contributed by atoms with E-state index in [1.165, 1.54) is 56.9 Å². The van der Waals surface area contributed by atoms with Crippen molar-refractivity contribution in [3.05, 3.63) is 11.6 Å². The minimum atomic E-state index is -0.313. The number of rotatable bonds is 7. The molecular weight excluding hydrogens is 380 g/mol. The maximum Gasteiger partial charge on any atom is 0.105 e. The van der Waals surface area contributed by atoms with Crippen LogP contribution in [0.3, 0.4) is 0 Å². The first kappa shape index (κ1) is 23.8. The van der Waals surface area contributed by atoms with Crippen molar-refractivity contribution >= 4 is 0 Å². The van der Waals surface area contributed by atoms with E-state index in [2.05, 4.69) is 47.6 Å². The van der Waals surface area contributed by atoms with Gasteiger partial charge < -0.3 is 9.84 Å². The first-order valence-corrected chi connectivity index (χ1v) is 13.7. The highest BCUT2D eigenvalue weighted by atomic mass is 16.5. The van der Waals surface area contributed by atoms with E-state index in [-0.39, 0.29) is 17.6 Å². The highest BCUT2D eigenvalue weighted by molar-refractivity contribution is 5.29. The molecule has 178 valence electrons. The highest BCUT2D eigenvalue weighted by Crippen LogP contribution is 2.67. The Balaban J connectivity index is 1.52. The lowest BCUT2D eigenvalue weighted by Gasteiger charge is -2.59. The molecule has 0 saturated heterocycles. The Morgan fingerprint density at radius 1 is 1.03 bits per heavy atom. The fraction of sp³-hybridized carbons (Fsp3) is 0.931. The van der Waals surface area contributed by atoms with E-state index in [9.17, 15) is 5.11 Å². The van der Waals surface area contributed by atoms with Gasteiger partial charge in [0.25, 0.3) is 0 Å². The van der Waals surface area contributed by atoms with E-state index < -0.39 is 0 Å². The molecule has 1 N–H and O–H groups in total. The van der Waals surface area contributed by atoms with Crippen LogP contribution in [0.5, 0.6) is 0 Å². The molecule has 0 amide bonds. The maximum atomic E-state index is 10.7. The predicted octanol–water partition coefficient (Wildman–Crippen LogP) is 7.40. The summed E-state index contributed by atoms with van der Waals surface area (Å²) in [6.07, 6.45) is 15.4. The fourth-order valence-corrected chi connectivity index (χ4v) is 9.10. The molecule has 31 heavy (non-hydrogen) atoms. The third kappa shape index (κ3) is 4.07. The zero-order valence-corrected chi connectivity index (χ0v) is 21.3. The summed E-state index contributed by atoms with van der Waals surface area (Å²) in [4.78, 5) is 0. The van der Waals surface area contributed by atoms with Gasteiger partial charge in [-0.15, -0.1) is 0 Å². The normalized spacial score (nSPS) is 45.6. The van der Waals surface area contributed by atoms with Gasteiger partial charge in [-0.25, -0.2) is 0 Å². The molecule has 4 aliphatic carbocycles. The molecule has 4 rings (SSSR count). The highest BCUT2D eigenvalue weighted by Gasteiger charge is 2.60. The number of aliphatic hydroxyl groups is 1. The Morgan fingerprint density at radius 3 is 2.52 bits per heavy atom. The lowest BCUT2D eigenvalue weighted by atomic mass is 9.46. The first-order chi connectivity index (χ1) is 14.7. The van der Waals surface area contributed by atoms with Crippen molar-refractivity contribution in [2.45, 2.75) is 118 Å². The van der Waals surface area contributed by atoms with Gasteiger partial charge in [-0.05, 0) is 104 Å². The van der Waals surface area contributed by atoms with Crippen LogP contribution in [0.25, 0.3) is 0 Å². The second-order valence-corrected chi connectivity index (χ2v) is 12.7. The molecule has 0 spiro atoms. The van der Waals surface area contributed by atoms with E-state index in [4.69, 9.17) is 4.74 Å². The zero-order chi connectivity index (χ0) is 22.4. The van der Waals surface area contributed by atoms with Crippen LogP contribution in [0.2, 0.25) is 0 Å². The number of hydrogen-bond acceptors (Lipinski definition) is 2. The Hall–Kier alpha value is -0.340. The lowest BCUT2D eigenvalue weighted by molar-refractivity contribution is -0.0946. The molecule has 2 nitrogen and oxygen atoms in total. The van der Waals surface area contributed by atoms with Gasteiger partial charge in [0.15, 0.2) is 0 Å². The number of aliphatic hydroxyl groups excluding tert-OH is 1. The zero-order valence-electron chi connectivity index (χ0n) is 21.3. The van der Waals surface area contributed by atoms with Crippen LogP contribution < -0.4 is 0 Å². The Morgan fingerprint density at radius 2 is 1.81 bits per heavy atom. The van der Waals surface area contributed by atoms with Gasteiger partial charge in [-0.3, -0.25) is 0 Å². The fourth-order valence-electron chi connectivity index (χ4n) is 9.10.